The molecule has 1 unspecified atom stereocenters. The van der Waals surface area contributed by atoms with E-state index in [9.17, 15) is 4.79 Å². The molecule has 1 aromatic rings. The molecule has 0 saturated carbocycles. The van der Waals surface area contributed by atoms with Crippen LogP contribution in [0.15, 0.2) is 18.2 Å². The molecule has 1 aromatic carbocycles. The minimum atomic E-state index is -0.207. The maximum absolute atomic E-state index is 11.6. The van der Waals surface area contributed by atoms with Crippen LogP contribution in [0.3, 0.4) is 0 Å². The first-order chi connectivity index (χ1) is 7.04. The minimum absolute atomic E-state index is 0.106. The Morgan fingerprint density at radius 2 is 2.27 bits per heavy atom. The molecule has 0 aliphatic rings. The second-order valence-corrected chi connectivity index (χ2v) is 4.02. The molecular formula is C11H15ClN2O. The van der Waals surface area contributed by atoms with Crippen molar-refractivity contribution in [1.82, 2.24) is 0 Å². The van der Waals surface area contributed by atoms with Gasteiger partial charge in [-0.2, -0.15) is 0 Å². The zero-order chi connectivity index (χ0) is 11.4. The number of anilines is 1. The summed E-state index contributed by atoms with van der Waals surface area (Å²) in [5.74, 6) is -0.313. The van der Waals surface area contributed by atoms with E-state index >= 15 is 0 Å². The van der Waals surface area contributed by atoms with Crippen LogP contribution in [0.25, 0.3) is 0 Å². The van der Waals surface area contributed by atoms with E-state index in [-0.39, 0.29) is 11.8 Å². The van der Waals surface area contributed by atoms with Crippen LogP contribution in [0.2, 0.25) is 5.02 Å². The van der Waals surface area contributed by atoms with E-state index < -0.39 is 0 Å². The highest BCUT2D eigenvalue weighted by atomic mass is 35.5. The summed E-state index contributed by atoms with van der Waals surface area (Å²) in [6.45, 7) is 4.05. The van der Waals surface area contributed by atoms with Gasteiger partial charge in [-0.25, -0.2) is 0 Å². The topological polar surface area (TPSA) is 55.1 Å². The van der Waals surface area contributed by atoms with Crippen LogP contribution in [0.1, 0.15) is 12.5 Å². The average molecular weight is 227 g/mol. The van der Waals surface area contributed by atoms with Crippen molar-refractivity contribution < 1.29 is 4.79 Å². The lowest BCUT2D eigenvalue weighted by molar-refractivity contribution is -0.119. The molecule has 0 aliphatic carbocycles. The number of nitrogens with two attached hydrogens (primary N) is 1. The van der Waals surface area contributed by atoms with Gasteiger partial charge in [0.05, 0.1) is 10.7 Å². The van der Waals surface area contributed by atoms with E-state index in [1.807, 2.05) is 19.1 Å². The Bertz CT molecular complexity index is 366. The van der Waals surface area contributed by atoms with Crippen molar-refractivity contribution in [2.24, 2.45) is 11.7 Å². The summed E-state index contributed by atoms with van der Waals surface area (Å²) in [6, 6.07) is 5.49. The molecule has 0 aromatic heterocycles. The lowest BCUT2D eigenvalue weighted by Crippen LogP contribution is -2.26. The third kappa shape index (κ3) is 3.22. The number of nitrogens with one attached hydrogen (secondary N) is 1. The third-order valence-corrected chi connectivity index (χ3v) is 2.51. The highest BCUT2D eigenvalue weighted by Gasteiger charge is 2.12. The molecule has 0 saturated heterocycles. The fourth-order valence-corrected chi connectivity index (χ4v) is 1.26. The van der Waals surface area contributed by atoms with Gasteiger partial charge in [-0.1, -0.05) is 24.6 Å². The third-order valence-electron chi connectivity index (χ3n) is 2.18. The molecule has 0 bridgehead atoms. The molecule has 0 radical (unpaired) electrons. The first-order valence-corrected chi connectivity index (χ1v) is 5.19. The summed E-state index contributed by atoms with van der Waals surface area (Å²) >= 11 is 5.94. The maximum atomic E-state index is 11.6. The van der Waals surface area contributed by atoms with Crippen LogP contribution in [0, 0.1) is 12.8 Å². The van der Waals surface area contributed by atoms with Gasteiger partial charge < -0.3 is 11.1 Å². The first kappa shape index (κ1) is 12.0. The predicted molar refractivity (Wildman–Crippen MR) is 63.0 cm³/mol. The normalized spacial score (nSPS) is 12.3. The van der Waals surface area contributed by atoms with Gasteiger partial charge in [0.25, 0.3) is 0 Å². The van der Waals surface area contributed by atoms with E-state index in [1.165, 1.54) is 0 Å². The standard InChI is InChI=1S/C11H15ClN2O/c1-7-3-4-9(12)10(5-7)14-11(15)8(2)6-13/h3-5,8H,6,13H2,1-2H3,(H,14,15). The molecular weight excluding hydrogens is 212 g/mol. The first-order valence-electron chi connectivity index (χ1n) is 4.81. The minimum Gasteiger partial charge on any atom is -0.330 e. The van der Waals surface area contributed by atoms with E-state index in [0.29, 0.717) is 17.3 Å². The number of amides is 1. The molecule has 0 fully saturated rings. The summed E-state index contributed by atoms with van der Waals surface area (Å²) < 4.78 is 0. The Balaban J connectivity index is 2.80. The zero-order valence-electron chi connectivity index (χ0n) is 8.88. The number of rotatable bonds is 3. The van der Waals surface area contributed by atoms with Crippen LogP contribution in [0.5, 0.6) is 0 Å². The molecule has 3 N–H and O–H groups in total. The van der Waals surface area contributed by atoms with Crippen molar-refractivity contribution in [2.75, 3.05) is 11.9 Å². The number of carbonyl (C=O) groups excluding carboxylic acids is 1. The van der Waals surface area contributed by atoms with E-state index in [4.69, 9.17) is 17.3 Å². The SMILES string of the molecule is Cc1ccc(Cl)c(NC(=O)C(C)CN)c1. The molecule has 3 nitrogen and oxygen atoms in total. The molecule has 0 aliphatic heterocycles. The van der Waals surface area contributed by atoms with Gasteiger partial charge in [-0.3, -0.25) is 4.79 Å². The average Bonchev–Trinajstić information content (AvgIpc) is 2.22. The van der Waals surface area contributed by atoms with Gasteiger partial charge in [0.1, 0.15) is 0 Å². The lowest BCUT2D eigenvalue weighted by Gasteiger charge is -2.11. The number of halogens is 1. The lowest BCUT2D eigenvalue weighted by atomic mass is 10.1. The van der Waals surface area contributed by atoms with Crippen molar-refractivity contribution in [1.29, 1.82) is 0 Å². The molecule has 82 valence electrons. The molecule has 1 atom stereocenters. The Labute approximate surface area is 94.6 Å². The monoisotopic (exact) mass is 226 g/mol. The molecule has 1 rings (SSSR count). The van der Waals surface area contributed by atoms with Crippen molar-refractivity contribution in [2.45, 2.75) is 13.8 Å². The van der Waals surface area contributed by atoms with Crippen LogP contribution in [-0.4, -0.2) is 12.5 Å². The second kappa shape index (κ2) is 5.14. The van der Waals surface area contributed by atoms with Crippen LogP contribution in [-0.2, 0) is 4.79 Å². The van der Waals surface area contributed by atoms with Crippen molar-refractivity contribution in [3.63, 3.8) is 0 Å². The fraction of sp³-hybridized carbons (Fsp3) is 0.364. The van der Waals surface area contributed by atoms with E-state index in [2.05, 4.69) is 5.32 Å². The summed E-state index contributed by atoms with van der Waals surface area (Å²) in [6.07, 6.45) is 0. The summed E-state index contributed by atoms with van der Waals surface area (Å²) in [5.41, 5.74) is 7.09. The van der Waals surface area contributed by atoms with Crippen LogP contribution < -0.4 is 11.1 Å². The number of hydrogen-bond acceptors (Lipinski definition) is 2. The van der Waals surface area contributed by atoms with Gasteiger partial charge in [-0.15, -0.1) is 0 Å². The highest BCUT2D eigenvalue weighted by molar-refractivity contribution is 6.33. The Kier molecular flexibility index (Phi) is 4.12. The van der Waals surface area contributed by atoms with Gasteiger partial charge in [0.2, 0.25) is 5.91 Å². The molecule has 1 amide bonds. The number of hydrogen-bond donors (Lipinski definition) is 2. The number of aryl methyl sites for hydroxylation is 1. The van der Waals surface area contributed by atoms with Crippen LogP contribution >= 0.6 is 11.6 Å². The maximum Gasteiger partial charge on any atom is 0.228 e. The largest absolute Gasteiger partial charge is 0.330 e. The molecule has 0 heterocycles. The highest BCUT2D eigenvalue weighted by Crippen LogP contribution is 2.23. The molecule has 15 heavy (non-hydrogen) atoms. The summed E-state index contributed by atoms with van der Waals surface area (Å²) in [4.78, 5) is 11.6. The summed E-state index contributed by atoms with van der Waals surface area (Å²) in [7, 11) is 0. The molecule has 4 heteroatoms. The smallest absolute Gasteiger partial charge is 0.228 e. The van der Waals surface area contributed by atoms with Crippen molar-refractivity contribution >= 4 is 23.2 Å². The van der Waals surface area contributed by atoms with Gasteiger partial charge >= 0.3 is 0 Å². The Hall–Kier alpha value is -1.06. The van der Waals surface area contributed by atoms with E-state index in [0.717, 1.165) is 5.56 Å². The quantitative estimate of drug-likeness (QED) is 0.830. The second-order valence-electron chi connectivity index (χ2n) is 3.61. The number of carbonyl (C=O) groups is 1. The van der Waals surface area contributed by atoms with Gasteiger partial charge in [0, 0.05) is 12.5 Å². The van der Waals surface area contributed by atoms with Gasteiger partial charge in [-0.05, 0) is 24.6 Å². The van der Waals surface area contributed by atoms with Crippen LogP contribution in [0.4, 0.5) is 5.69 Å². The molecule has 0 spiro atoms. The number of benzene rings is 1. The summed E-state index contributed by atoms with van der Waals surface area (Å²) in [5, 5.41) is 3.29. The zero-order valence-corrected chi connectivity index (χ0v) is 9.64. The van der Waals surface area contributed by atoms with Crippen molar-refractivity contribution in [3.8, 4) is 0 Å². The Morgan fingerprint density at radius 1 is 1.60 bits per heavy atom. The fourth-order valence-electron chi connectivity index (χ4n) is 1.10. The van der Waals surface area contributed by atoms with Crippen molar-refractivity contribution in [3.05, 3.63) is 28.8 Å². The Morgan fingerprint density at radius 3 is 2.87 bits per heavy atom. The predicted octanol–water partition coefficient (Wildman–Crippen LogP) is 2.18. The van der Waals surface area contributed by atoms with Gasteiger partial charge in [0.15, 0.2) is 0 Å². The van der Waals surface area contributed by atoms with E-state index in [1.54, 1.807) is 13.0 Å².